The molecule has 6 nitrogen and oxygen atoms in total. The lowest BCUT2D eigenvalue weighted by atomic mass is 10.3. The molecule has 1 aromatic rings. The van der Waals surface area contributed by atoms with Gasteiger partial charge in [0.15, 0.2) is 0 Å². The summed E-state index contributed by atoms with van der Waals surface area (Å²) in [4.78, 5) is 14.0. The van der Waals surface area contributed by atoms with Gasteiger partial charge >= 0.3 is 0 Å². The summed E-state index contributed by atoms with van der Waals surface area (Å²) in [6.45, 7) is 5.52. The van der Waals surface area contributed by atoms with Crippen molar-refractivity contribution in [3.05, 3.63) is 24.3 Å². The number of nitrogens with two attached hydrogens (primary N) is 1. The molecule has 22 heavy (non-hydrogen) atoms. The average molecular weight is 307 g/mol. The summed E-state index contributed by atoms with van der Waals surface area (Å²) in [5.74, 6) is 0.744. The molecule has 2 rings (SSSR count). The molecule has 0 aromatic heterocycles. The van der Waals surface area contributed by atoms with Gasteiger partial charge in [-0.3, -0.25) is 9.69 Å². The number of nitrogens with zero attached hydrogens (tertiary/aromatic N) is 1. The van der Waals surface area contributed by atoms with E-state index < -0.39 is 0 Å². The molecule has 0 bridgehead atoms. The Morgan fingerprint density at radius 1 is 1.32 bits per heavy atom. The monoisotopic (exact) mass is 307 g/mol. The molecule has 1 aliphatic heterocycles. The zero-order valence-corrected chi connectivity index (χ0v) is 12.9. The predicted molar refractivity (Wildman–Crippen MR) is 85.9 cm³/mol. The number of carbonyl (C=O) groups excluding carboxylic acids is 1. The van der Waals surface area contributed by atoms with Crippen LogP contribution in [0.2, 0.25) is 0 Å². The van der Waals surface area contributed by atoms with E-state index in [1.165, 1.54) is 0 Å². The summed E-state index contributed by atoms with van der Waals surface area (Å²) in [5.41, 5.74) is 6.40. The summed E-state index contributed by atoms with van der Waals surface area (Å²) < 4.78 is 10.8. The minimum atomic E-state index is 0.0675. The van der Waals surface area contributed by atoms with E-state index in [2.05, 4.69) is 10.2 Å². The highest BCUT2D eigenvalue weighted by Gasteiger charge is 2.10. The summed E-state index contributed by atoms with van der Waals surface area (Å²) >= 11 is 0. The van der Waals surface area contributed by atoms with E-state index in [1.54, 1.807) is 6.07 Å². The van der Waals surface area contributed by atoms with Gasteiger partial charge in [-0.2, -0.15) is 0 Å². The van der Waals surface area contributed by atoms with Crippen LogP contribution in [0.25, 0.3) is 0 Å². The second-order valence-electron chi connectivity index (χ2n) is 5.29. The zero-order valence-electron chi connectivity index (χ0n) is 12.9. The second-order valence-corrected chi connectivity index (χ2v) is 5.29. The van der Waals surface area contributed by atoms with Crippen LogP contribution in [0.15, 0.2) is 24.3 Å². The summed E-state index contributed by atoms with van der Waals surface area (Å²) in [6, 6.07) is 7.37. The number of amides is 1. The Hall–Kier alpha value is -1.79. The van der Waals surface area contributed by atoms with Gasteiger partial charge in [0.25, 0.3) is 0 Å². The molecular weight excluding hydrogens is 282 g/mol. The van der Waals surface area contributed by atoms with Crippen molar-refractivity contribution in [2.45, 2.75) is 12.8 Å². The van der Waals surface area contributed by atoms with Gasteiger partial charge in [-0.15, -0.1) is 0 Å². The second kappa shape index (κ2) is 9.27. The number of rotatable bonds is 8. The van der Waals surface area contributed by atoms with Crippen LogP contribution in [-0.4, -0.2) is 56.8 Å². The molecule has 0 radical (unpaired) electrons. The molecular formula is C16H25N3O3. The average Bonchev–Trinajstić information content (AvgIpc) is 2.54. The smallest absolute Gasteiger partial charge is 0.220 e. The molecule has 0 unspecified atom stereocenters. The van der Waals surface area contributed by atoms with Crippen LogP contribution in [-0.2, 0) is 9.53 Å². The van der Waals surface area contributed by atoms with Gasteiger partial charge in [-0.1, -0.05) is 12.1 Å². The zero-order chi connectivity index (χ0) is 15.6. The third kappa shape index (κ3) is 5.91. The summed E-state index contributed by atoms with van der Waals surface area (Å²) in [7, 11) is 0. The van der Waals surface area contributed by atoms with Gasteiger partial charge in [0, 0.05) is 32.6 Å². The third-order valence-electron chi connectivity index (χ3n) is 3.58. The normalized spacial score (nSPS) is 15.5. The van der Waals surface area contributed by atoms with Crippen molar-refractivity contribution in [1.29, 1.82) is 0 Å². The van der Waals surface area contributed by atoms with E-state index in [0.717, 1.165) is 32.8 Å². The van der Waals surface area contributed by atoms with Crippen molar-refractivity contribution < 1.29 is 14.3 Å². The van der Waals surface area contributed by atoms with E-state index in [0.29, 0.717) is 37.4 Å². The van der Waals surface area contributed by atoms with E-state index >= 15 is 0 Å². The molecule has 0 aliphatic carbocycles. The van der Waals surface area contributed by atoms with E-state index in [9.17, 15) is 4.79 Å². The first-order chi connectivity index (χ1) is 10.8. The van der Waals surface area contributed by atoms with Crippen molar-refractivity contribution in [3.8, 4) is 5.75 Å². The maximum Gasteiger partial charge on any atom is 0.220 e. The van der Waals surface area contributed by atoms with Gasteiger partial charge in [0.2, 0.25) is 5.91 Å². The Labute approximate surface area is 131 Å². The van der Waals surface area contributed by atoms with Crippen LogP contribution in [0.5, 0.6) is 5.75 Å². The fraction of sp³-hybridized carbons (Fsp3) is 0.562. The largest absolute Gasteiger partial charge is 0.491 e. The number of carbonyl (C=O) groups is 1. The number of benzene rings is 1. The quantitative estimate of drug-likeness (QED) is 0.551. The van der Waals surface area contributed by atoms with E-state index in [4.69, 9.17) is 15.2 Å². The number of hydrogen-bond acceptors (Lipinski definition) is 5. The first-order valence-electron chi connectivity index (χ1n) is 7.80. The standard InChI is InChI=1S/C16H25N3O3/c17-14-4-1-2-5-15(14)22-11-3-6-16(20)18-7-8-19-9-12-21-13-10-19/h1-2,4-5H,3,6-13,17H2,(H,18,20). The van der Waals surface area contributed by atoms with Crippen molar-refractivity contribution in [2.75, 3.05) is 51.7 Å². The Bertz CT molecular complexity index is 462. The molecule has 0 saturated carbocycles. The Morgan fingerprint density at radius 3 is 2.86 bits per heavy atom. The molecule has 1 heterocycles. The lowest BCUT2D eigenvalue weighted by Crippen LogP contribution is -2.41. The molecule has 1 aliphatic rings. The topological polar surface area (TPSA) is 76.8 Å². The van der Waals surface area contributed by atoms with Crippen LogP contribution in [0.4, 0.5) is 5.69 Å². The number of para-hydroxylation sites is 2. The number of ether oxygens (including phenoxy) is 2. The van der Waals surface area contributed by atoms with Crippen molar-refractivity contribution in [2.24, 2.45) is 0 Å². The van der Waals surface area contributed by atoms with Crippen molar-refractivity contribution in [3.63, 3.8) is 0 Å². The van der Waals surface area contributed by atoms with Crippen molar-refractivity contribution >= 4 is 11.6 Å². The van der Waals surface area contributed by atoms with Gasteiger partial charge in [0.05, 0.1) is 25.5 Å². The molecule has 122 valence electrons. The van der Waals surface area contributed by atoms with Crippen LogP contribution in [0, 0.1) is 0 Å². The van der Waals surface area contributed by atoms with Gasteiger partial charge in [0.1, 0.15) is 5.75 Å². The van der Waals surface area contributed by atoms with Gasteiger partial charge in [-0.25, -0.2) is 0 Å². The van der Waals surface area contributed by atoms with E-state index in [-0.39, 0.29) is 5.91 Å². The molecule has 1 amide bonds. The first kappa shape index (κ1) is 16.6. The lowest BCUT2D eigenvalue weighted by Gasteiger charge is -2.26. The maximum absolute atomic E-state index is 11.7. The maximum atomic E-state index is 11.7. The van der Waals surface area contributed by atoms with Crippen LogP contribution >= 0.6 is 0 Å². The Balaban J connectivity index is 1.51. The number of hydrogen-bond donors (Lipinski definition) is 2. The predicted octanol–water partition coefficient (Wildman–Crippen LogP) is 0.876. The Morgan fingerprint density at radius 2 is 2.09 bits per heavy atom. The molecule has 0 spiro atoms. The highest BCUT2D eigenvalue weighted by Crippen LogP contribution is 2.19. The number of nitrogen functional groups attached to an aromatic ring is 1. The first-order valence-corrected chi connectivity index (χ1v) is 7.80. The molecule has 1 fully saturated rings. The Kier molecular flexibility index (Phi) is 6.99. The van der Waals surface area contributed by atoms with Gasteiger partial charge < -0.3 is 20.5 Å². The minimum absolute atomic E-state index is 0.0675. The highest BCUT2D eigenvalue weighted by molar-refractivity contribution is 5.75. The molecule has 0 atom stereocenters. The summed E-state index contributed by atoms with van der Waals surface area (Å²) in [5, 5.41) is 2.94. The number of anilines is 1. The lowest BCUT2D eigenvalue weighted by molar-refractivity contribution is -0.121. The molecule has 1 aromatic carbocycles. The molecule has 3 N–H and O–H groups in total. The third-order valence-corrected chi connectivity index (χ3v) is 3.58. The SMILES string of the molecule is Nc1ccccc1OCCCC(=O)NCCN1CCOCC1. The van der Waals surface area contributed by atoms with Crippen LogP contribution in [0.3, 0.4) is 0 Å². The fourth-order valence-corrected chi connectivity index (χ4v) is 2.29. The number of morpholine rings is 1. The molecule has 6 heteroatoms. The highest BCUT2D eigenvalue weighted by atomic mass is 16.5. The van der Waals surface area contributed by atoms with Crippen molar-refractivity contribution in [1.82, 2.24) is 10.2 Å². The number of nitrogens with one attached hydrogen (secondary N) is 1. The minimum Gasteiger partial charge on any atom is -0.491 e. The summed E-state index contributed by atoms with van der Waals surface area (Å²) in [6.07, 6.45) is 1.15. The van der Waals surface area contributed by atoms with Gasteiger partial charge in [-0.05, 0) is 18.6 Å². The molecule has 1 saturated heterocycles. The fourth-order valence-electron chi connectivity index (χ4n) is 2.29. The van der Waals surface area contributed by atoms with E-state index in [1.807, 2.05) is 18.2 Å². The van der Waals surface area contributed by atoms with Crippen LogP contribution < -0.4 is 15.8 Å². The van der Waals surface area contributed by atoms with Crippen LogP contribution in [0.1, 0.15) is 12.8 Å².